The number of nitrogens with one attached hydrogen (secondary N) is 2. The topological polar surface area (TPSA) is 89.3 Å². The van der Waals surface area contributed by atoms with Crippen LogP contribution in [-0.2, 0) is 14.8 Å². The van der Waals surface area contributed by atoms with Gasteiger partial charge in [-0.05, 0) is 50.2 Å². The second kappa shape index (κ2) is 7.89. The van der Waals surface area contributed by atoms with Gasteiger partial charge in [0.25, 0.3) is 10.0 Å². The fourth-order valence-corrected chi connectivity index (χ4v) is 3.99. The van der Waals surface area contributed by atoms with E-state index in [0.717, 1.165) is 18.0 Å². The van der Waals surface area contributed by atoms with Crippen LogP contribution in [0.4, 0.5) is 5.69 Å². The highest BCUT2D eigenvalue weighted by molar-refractivity contribution is 7.90. The Kier molecular flexibility index (Phi) is 5.57. The summed E-state index contributed by atoms with van der Waals surface area (Å²) in [6, 6.07) is 13.4. The molecule has 0 aliphatic carbocycles. The van der Waals surface area contributed by atoms with Crippen LogP contribution in [-0.4, -0.2) is 39.9 Å². The Morgan fingerprint density at radius 3 is 2.41 bits per heavy atom. The zero-order chi connectivity index (χ0) is 19.4. The van der Waals surface area contributed by atoms with E-state index in [1.807, 2.05) is 13.8 Å². The molecule has 0 unspecified atom stereocenters. The smallest absolute Gasteiger partial charge is 0.367 e. The van der Waals surface area contributed by atoms with Gasteiger partial charge in [-0.2, -0.15) is 8.42 Å². The number of rotatable bonds is 6. The van der Waals surface area contributed by atoms with Crippen molar-refractivity contribution in [3.8, 4) is 5.75 Å². The summed E-state index contributed by atoms with van der Waals surface area (Å²) in [5.41, 5.74) is 1.19. The van der Waals surface area contributed by atoms with Gasteiger partial charge < -0.3 is 15.0 Å². The number of amidine groups is 1. The van der Waals surface area contributed by atoms with Crippen LogP contribution in [0.3, 0.4) is 0 Å². The predicted octanol–water partition coefficient (Wildman–Crippen LogP) is 1.08. The number of benzene rings is 2. The minimum atomic E-state index is -3.66. The van der Waals surface area contributed by atoms with Crippen LogP contribution in [0.1, 0.15) is 19.4 Å². The van der Waals surface area contributed by atoms with Crippen LogP contribution in [0, 0.1) is 0 Å². The van der Waals surface area contributed by atoms with Crippen LogP contribution in [0.15, 0.2) is 57.8 Å². The molecule has 0 bridgehead atoms. The van der Waals surface area contributed by atoms with E-state index >= 15 is 0 Å². The number of sulfonamides is 1. The number of hydrogen-bond donors (Lipinski definition) is 2. The zero-order valence-electron chi connectivity index (χ0n) is 15.2. The van der Waals surface area contributed by atoms with E-state index in [4.69, 9.17) is 4.74 Å². The first kappa shape index (κ1) is 19.1. The third-order valence-electron chi connectivity index (χ3n) is 4.37. The molecule has 3 rings (SSSR count). The van der Waals surface area contributed by atoms with Crippen molar-refractivity contribution >= 4 is 27.5 Å². The largest absolute Gasteiger partial charge is 0.422 e. The summed E-state index contributed by atoms with van der Waals surface area (Å²) < 4.78 is 33.3. The molecule has 0 saturated heterocycles. The highest BCUT2D eigenvalue weighted by atomic mass is 32.2. The zero-order valence-corrected chi connectivity index (χ0v) is 16.0. The van der Waals surface area contributed by atoms with Crippen LogP contribution in [0.25, 0.3) is 0 Å². The van der Waals surface area contributed by atoms with Crippen molar-refractivity contribution in [3.05, 3.63) is 54.1 Å². The number of carbonyl (C=O) groups is 1. The number of quaternary nitrogens is 1. The fourth-order valence-electron chi connectivity index (χ4n) is 2.81. The molecule has 2 N–H and O–H groups in total. The summed E-state index contributed by atoms with van der Waals surface area (Å²) in [5, 5.41) is 3.01. The maximum Gasteiger partial charge on any atom is 0.367 e. The summed E-state index contributed by atoms with van der Waals surface area (Å²) in [6.45, 7) is 6.09. The molecule has 27 heavy (non-hydrogen) atoms. The summed E-state index contributed by atoms with van der Waals surface area (Å²) >= 11 is 0. The predicted molar refractivity (Wildman–Crippen MR) is 103 cm³/mol. The Hall–Kier alpha value is -2.71. The first-order chi connectivity index (χ1) is 12.9. The van der Waals surface area contributed by atoms with Crippen LogP contribution in [0.5, 0.6) is 5.75 Å². The number of anilines is 1. The highest BCUT2D eigenvalue weighted by Gasteiger charge is 2.28. The molecule has 0 spiro atoms. The van der Waals surface area contributed by atoms with E-state index in [1.165, 1.54) is 6.07 Å². The second-order valence-corrected chi connectivity index (χ2v) is 7.74. The molecule has 2 aromatic rings. The first-order valence-electron chi connectivity index (χ1n) is 8.78. The van der Waals surface area contributed by atoms with Gasteiger partial charge in [-0.25, -0.2) is 4.79 Å². The number of nitrogens with zero attached hydrogens (tertiary/aromatic N) is 1. The van der Waals surface area contributed by atoms with Gasteiger partial charge in [0.05, 0.1) is 13.1 Å². The van der Waals surface area contributed by atoms with Gasteiger partial charge in [-0.15, -0.1) is 4.40 Å². The number of ether oxygens (including phenoxy) is 1. The van der Waals surface area contributed by atoms with Gasteiger partial charge in [0.1, 0.15) is 10.6 Å². The molecule has 0 atom stereocenters. The Morgan fingerprint density at radius 1 is 1.07 bits per heavy atom. The SMILES string of the molecule is CC[NH+](CC)CC(=O)Oc1ccc(NC2=NS(=O)(=O)c3ccccc32)cc1. The van der Waals surface area contributed by atoms with Gasteiger partial charge in [0.2, 0.25) is 0 Å². The number of carbonyl (C=O) groups excluding carboxylic acids is 1. The minimum absolute atomic E-state index is 0.192. The monoisotopic (exact) mass is 388 g/mol. The molecule has 0 aromatic heterocycles. The number of likely N-dealkylation sites (N-methyl/N-ethyl adjacent to an activating group) is 1. The van der Waals surface area contributed by atoms with Gasteiger partial charge in [-0.1, -0.05) is 12.1 Å². The van der Waals surface area contributed by atoms with E-state index in [2.05, 4.69) is 9.71 Å². The Balaban J connectivity index is 1.68. The van der Waals surface area contributed by atoms with Crippen molar-refractivity contribution in [2.45, 2.75) is 18.7 Å². The highest BCUT2D eigenvalue weighted by Crippen LogP contribution is 2.27. The van der Waals surface area contributed by atoms with Crippen molar-refractivity contribution < 1.29 is 22.8 Å². The second-order valence-electron chi connectivity index (χ2n) is 6.17. The molecule has 8 heteroatoms. The number of fused-ring (bicyclic) bond motifs is 1. The Labute approximate surface area is 158 Å². The molecule has 0 fully saturated rings. The van der Waals surface area contributed by atoms with Crippen LogP contribution < -0.4 is 15.0 Å². The average Bonchev–Trinajstić information content (AvgIpc) is 2.92. The van der Waals surface area contributed by atoms with Gasteiger partial charge in [0.15, 0.2) is 12.4 Å². The molecule has 0 radical (unpaired) electrons. The molecule has 142 valence electrons. The Morgan fingerprint density at radius 2 is 1.74 bits per heavy atom. The van der Waals surface area contributed by atoms with E-state index in [9.17, 15) is 13.2 Å². The maximum atomic E-state index is 12.1. The summed E-state index contributed by atoms with van der Waals surface area (Å²) in [7, 11) is -3.66. The molecule has 2 aromatic carbocycles. The molecule has 0 saturated carbocycles. The molecule has 1 aliphatic heterocycles. The first-order valence-corrected chi connectivity index (χ1v) is 10.2. The maximum absolute atomic E-state index is 12.1. The van der Waals surface area contributed by atoms with Crippen molar-refractivity contribution in [1.82, 2.24) is 0 Å². The Bertz CT molecular complexity index is 965. The van der Waals surface area contributed by atoms with Crippen molar-refractivity contribution in [2.75, 3.05) is 25.0 Å². The van der Waals surface area contributed by atoms with E-state index in [-0.39, 0.29) is 16.7 Å². The quantitative estimate of drug-likeness (QED) is 0.571. The molecule has 1 aliphatic rings. The van der Waals surface area contributed by atoms with Crippen LogP contribution in [0.2, 0.25) is 0 Å². The summed E-state index contributed by atoms with van der Waals surface area (Å²) in [5.74, 6) is 0.438. The third-order valence-corrected chi connectivity index (χ3v) is 5.71. The molecule has 7 nitrogen and oxygen atoms in total. The van der Waals surface area contributed by atoms with Gasteiger partial charge >= 0.3 is 5.97 Å². The lowest BCUT2D eigenvalue weighted by Gasteiger charge is -2.14. The van der Waals surface area contributed by atoms with E-state index in [0.29, 0.717) is 23.5 Å². The molecular formula is C19H22N3O4S+. The van der Waals surface area contributed by atoms with Gasteiger partial charge in [-0.3, -0.25) is 0 Å². The lowest BCUT2D eigenvalue weighted by Crippen LogP contribution is -3.12. The third kappa shape index (κ3) is 4.35. The van der Waals surface area contributed by atoms with Crippen LogP contribution >= 0.6 is 0 Å². The lowest BCUT2D eigenvalue weighted by atomic mass is 10.2. The molecule has 0 amide bonds. The van der Waals surface area contributed by atoms with Crippen molar-refractivity contribution in [3.63, 3.8) is 0 Å². The minimum Gasteiger partial charge on any atom is -0.422 e. The summed E-state index contributed by atoms with van der Waals surface area (Å²) in [4.78, 5) is 13.3. The van der Waals surface area contributed by atoms with Crippen molar-refractivity contribution in [2.24, 2.45) is 4.40 Å². The van der Waals surface area contributed by atoms with Crippen molar-refractivity contribution in [1.29, 1.82) is 0 Å². The lowest BCUT2D eigenvalue weighted by molar-refractivity contribution is -0.888. The van der Waals surface area contributed by atoms with E-state index < -0.39 is 10.0 Å². The molecular weight excluding hydrogens is 366 g/mol. The standard InChI is InChI=1S/C19H21N3O4S/c1-3-22(4-2)13-18(23)26-15-11-9-14(10-12-15)20-19-16-7-5-6-8-17(16)27(24,25)21-19/h5-12H,3-4,13H2,1-2H3,(H,20,21)/p+1. The average molecular weight is 388 g/mol. The normalized spacial score (nSPS) is 14.6. The number of hydrogen-bond acceptors (Lipinski definition) is 5. The number of esters is 1. The summed E-state index contributed by atoms with van der Waals surface area (Å²) in [6.07, 6.45) is 0. The van der Waals surface area contributed by atoms with E-state index in [1.54, 1.807) is 42.5 Å². The molecule has 1 heterocycles. The fraction of sp³-hybridized carbons (Fsp3) is 0.263. The van der Waals surface area contributed by atoms with Gasteiger partial charge in [0, 0.05) is 11.3 Å².